The first kappa shape index (κ1) is 22.0. The third-order valence-electron chi connectivity index (χ3n) is 5.20. The number of allylic oxidation sites excluding steroid dienone is 1. The van der Waals surface area contributed by atoms with Crippen molar-refractivity contribution in [1.82, 2.24) is 0 Å². The van der Waals surface area contributed by atoms with Gasteiger partial charge < -0.3 is 9.84 Å². The number of benzene rings is 1. The van der Waals surface area contributed by atoms with E-state index >= 15 is 0 Å². The Hall–Kier alpha value is -2.30. The Balaban J connectivity index is 2.53. The SMILES string of the molecule is C=[N+](C)[C@@H]1CCC(C)=C[C@H]1c1c(O)cc(CCCCC)cc1OC(=S)N=C=O. The van der Waals surface area contributed by atoms with Crippen LogP contribution < -0.4 is 4.74 Å². The van der Waals surface area contributed by atoms with Gasteiger partial charge in [0.2, 0.25) is 6.08 Å². The Labute approximate surface area is 172 Å². The highest BCUT2D eigenvalue weighted by atomic mass is 32.1. The van der Waals surface area contributed by atoms with Gasteiger partial charge in [-0.25, -0.2) is 9.37 Å². The van der Waals surface area contributed by atoms with Crippen LogP contribution in [0.2, 0.25) is 0 Å². The molecule has 0 fully saturated rings. The Morgan fingerprint density at radius 2 is 2.21 bits per heavy atom. The Kier molecular flexibility index (Phi) is 8.09. The second-order valence-electron chi connectivity index (χ2n) is 7.46. The number of thiocarbonyl (C=S) groups is 1. The summed E-state index contributed by atoms with van der Waals surface area (Å²) in [6.45, 7) is 8.30. The lowest BCUT2D eigenvalue weighted by Gasteiger charge is -2.28. The minimum atomic E-state index is -0.211. The molecule has 150 valence electrons. The molecule has 6 heteroatoms. The summed E-state index contributed by atoms with van der Waals surface area (Å²) in [4.78, 5) is 13.9. The predicted molar refractivity (Wildman–Crippen MR) is 116 cm³/mol. The quantitative estimate of drug-likeness (QED) is 0.180. The molecule has 1 aromatic rings. The molecule has 5 nitrogen and oxygen atoms in total. The smallest absolute Gasteiger partial charge is 0.300 e. The number of aromatic hydroxyl groups is 1. The molecule has 1 aliphatic rings. The largest absolute Gasteiger partial charge is 0.507 e. The molecule has 0 amide bonds. The Morgan fingerprint density at radius 3 is 2.86 bits per heavy atom. The molecule has 1 aromatic carbocycles. The van der Waals surface area contributed by atoms with Crippen molar-refractivity contribution in [2.75, 3.05) is 7.05 Å². The summed E-state index contributed by atoms with van der Waals surface area (Å²) in [6.07, 6.45) is 9.58. The van der Waals surface area contributed by atoms with Crippen molar-refractivity contribution in [3.8, 4) is 11.5 Å². The van der Waals surface area contributed by atoms with E-state index in [0.717, 1.165) is 44.1 Å². The fourth-order valence-electron chi connectivity index (χ4n) is 3.79. The van der Waals surface area contributed by atoms with Crippen molar-refractivity contribution in [3.63, 3.8) is 0 Å². The van der Waals surface area contributed by atoms with E-state index in [1.54, 1.807) is 0 Å². The molecule has 0 bridgehead atoms. The van der Waals surface area contributed by atoms with Gasteiger partial charge in [0.05, 0.1) is 11.5 Å². The van der Waals surface area contributed by atoms with E-state index in [-0.39, 0.29) is 22.9 Å². The molecule has 0 spiro atoms. The van der Waals surface area contributed by atoms with Crippen LogP contribution in [0.4, 0.5) is 0 Å². The van der Waals surface area contributed by atoms with E-state index in [0.29, 0.717) is 11.3 Å². The standard InChI is InChI=1S/C22H28N2O3S/c1-5-6-7-8-16-12-19(26)21(20(13-16)27-22(28)23-14-25)17-11-15(2)9-10-18(17)24(3)4/h11-13,17-18H,3,5-10H2,1-2,4H3/p+1/t17-,18-/m1/s1. The van der Waals surface area contributed by atoms with Gasteiger partial charge in [-0.05, 0) is 56.1 Å². The van der Waals surface area contributed by atoms with Gasteiger partial charge in [-0.15, -0.1) is 4.99 Å². The normalized spacial score (nSPS) is 18.8. The van der Waals surface area contributed by atoms with Gasteiger partial charge >= 0.3 is 0 Å². The number of aliphatic imine (C=N–C) groups is 1. The fraction of sp³-hybridized carbons (Fsp3) is 0.500. The zero-order valence-corrected chi connectivity index (χ0v) is 17.7. The molecule has 0 heterocycles. The van der Waals surface area contributed by atoms with E-state index in [9.17, 15) is 9.90 Å². The van der Waals surface area contributed by atoms with Gasteiger partial charge in [-0.2, -0.15) is 0 Å². The van der Waals surface area contributed by atoms with Crippen LogP contribution in [0.1, 0.15) is 63.0 Å². The van der Waals surface area contributed by atoms with Crippen LogP contribution in [0.3, 0.4) is 0 Å². The maximum atomic E-state index is 10.9. The molecule has 0 radical (unpaired) electrons. The third kappa shape index (κ3) is 5.60. The van der Waals surface area contributed by atoms with Crippen molar-refractivity contribution in [1.29, 1.82) is 0 Å². The fourth-order valence-corrected chi connectivity index (χ4v) is 3.92. The van der Waals surface area contributed by atoms with Crippen LogP contribution in [0, 0.1) is 0 Å². The van der Waals surface area contributed by atoms with Crippen LogP contribution >= 0.6 is 12.2 Å². The summed E-state index contributed by atoms with van der Waals surface area (Å²) in [7, 11) is 1.93. The molecule has 2 rings (SSSR count). The average molecular weight is 402 g/mol. The van der Waals surface area contributed by atoms with Crippen LogP contribution in [0.25, 0.3) is 0 Å². The average Bonchev–Trinajstić information content (AvgIpc) is 2.61. The number of rotatable bonds is 7. The number of phenolic OH excluding ortho intramolecular Hbond substituents is 1. The maximum Gasteiger partial charge on any atom is 0.300 e. The summed E-state index contributed by atoms with van der Waals surface area (Å²) < 4.78 is 7.63. The molecule has 1 N–H and O–H groups in total. The van der Waals surface area contributed by atoms with Gasteiger partial charge in [-0.3, -0.25) is 0 Å². The van der Waals surface area contributed by atoms with Crippen molar-refractivity contribution in [2.45, 2.75) is 64.3 Å². The number of hydrogen-bond acceptors (Lipinski definition) is 4. The highest BCUT2D eigenvalue weighted by Gasteiger charge is 2.35. The van der Waals surface area contributed by atoms with E-state index in [2.05, 4.69) is 31.6 Å². The molecule has 28 heavy (non-hydrogen) atoms. The number of ether oxygens (including phenoxy) is 1. The molecule has 0 saturated carbocycles. The van der Waals surface area contributed by atoms with Crippen molar-refractivity contribution in [3.05, 3.63) is 34.9 Å². The van der Waals surface area contributed by atoms with Gasteiger partial charge in [0.1, 0.15) is 25.3 Å². The molecular formula is C22H29N2O3S+. The van der Waals surface area contributed by atoms with Gasteiger partial charge in [0, 0.05) is 6.42 Å². The summed E-state index contributed by atoms with van der Waals surface area (Å²) in [5.41, 5.74) is 2.88. The van der Waals surface area contributed by atoms with Gasteiger partial charge in [0.15, 0.2) is 6.04 Å². The molecule has 0 saturated heterocycles. The Morgan fingerprint density at radius 1 is 1.46 bits per heavy atom. The number of hydrogen-bond donors (Lipinski definition) is 1. The van der Waals surface area contributed by atoms with Crippen LogP contribution in [0.15, 0.2) is 28.8 Å². The minimum absolute atomic E-state index is 0.0982. The number of carbonyl (C=O) groups excluding carboxylic acids is 1. The highest BCUT2D eigenvalue weighted by Crippen LogP contribution is 2.43. The van der Waals surface area contributed by atoms with E-state index in [1.807, 2.05) is 23.8 Å². The predicted octanol–water partition coefficient (Wildman–Crippen LogP) is 4.66. The Bertz CT molecular complexity index is 825. The second kappa shape index (κ2) is 10.3. The lowest BCUT2D eigenvalue weighted by Crippen LogP contribution is -2.31. The first-order valence-corrected chi connectivity index (χ1v) is 10.1. The number of isocyanates is 1. The number of unbranched alkanes of at least 4 members (excludes halogenated alkanes) is 2. The van der Waals surface area contributed by atoms with Crippen LogP contribution in [0.5, 0.6) is 11.5 Å². The number of nitrogens with zero attached hydrogens (tertiary/aromatic N) is 2. The van der Waals surface area contributed by atoms with Crippen LogP contribution in [-0.2, 0) is 11.2 Å². The van der Waals surface area contributed by atoms with Crippen molar-refractivity contribution in [2.24, 2.45) is 4.99 Å². The van der Waals surface area contributed by atoms with E-state index < -0.39 is 0 Å². The first-order valence-electron chi connectivity index (χ1n) is 9.73. The minimum Gasteiger partial charge on any atom is -0.507 e. The topological polar surface area (TPSA) is 61.9 Å². The number of likely N-dealkylation sites (N-methyl/N-ethyl adjacent to an activating group) is 1. The zero-order valence-electron chi connectivity index (χ0n) is 16.9. The van der Waals surface area contributed by atoms with Gasteiger partial charge in [-0.1, -0.05) is 31.4 Å². The molecular weight excluding hydrogens is 372 g/mol. The van der Waals surface area contributed by atoms with E-state index in [1.165, 1.54) is 11.7 Å². The summed E-state index contributed by atoms with van der Waals surface area (Å²) in [5.74, 6) is 0.516. The molecule has 0 unspecified atom stereocenters. The lowest BCUT2D eigenvalue weighted by molar-refractivity contribution is -0.534. The summed E-state index contributed by atoms with van der Waals surface area (Å²) >= 11 is 5.02. The number of phenols is 1. The lowest BCUT2D eigenvalue weighted by atomic mass is 9.80. The maximum absolute atomic E-state index is 10.9. The molecule has 0 aromatic heterocycles. The molecule has 0 aliphatic heterocycles. The first-order chi connectivity index (χ1) is 13.4. The van der Waals surface area contributed by atoms with Gasteiger partial charge in [0.25, 0.3) is 5.17 Å². The molecule has 2 atom stereocenters. The van der Waals surface area contributed by atoms with Crippen molar-refractivity contribution >= 4 is 30.2 Å². The zero-order chi connectivity index (χ0) is 20.7. The molecule has 1 aliphatic carbocycles. The number of aryl methyl sites for hydroxylation is 1. The summed E-state index contributed by atoms with van der Waals surface area (Å²) in [6, 6.07) is 3.82. The van der Waals surface area contributed by atoms with Crippen molar-refractivity contribution < 1.29 is 19.2 Å². The second-order valence-corrected chi connectivity index (χ2v) is 7.81. The summed E-state index contributed by atoms with van der Waals surface area (Å²) in [5, 5.41) is 10.7. The highest BCUT2D eigenvalue weighted by molar-refractivity contribution is 7.80. The monoisotopic (exact) mass is 401 g/mol. The van der Waals surface area contributed by atoms with E-state index in [4.69, 9.17) is 17.0 Å². The van der Waals surface area contributed by atoms with Crippen LogP contribution in [-0.4, -0.2) is 40.7 Å². The third-order valence-corrected chi connectivity index (χ3v) is 5.37.